The molecule has 11 heteroatoms. The molecule has 9 nitrogen and oxygen atoms in total. The second kappa shape index (κ2) is 9.36. The highest BCUT2D eigenvalue weighted by atomic mass is 35.5. The molecule has 1 fully saturated rings. The Morgan fingerprint density at radius 1 is 1.24 bits per heavy atom. The molecule has 2 aromatic heterocycles. The maximum absolute atomic E-state index is 13.0. The predicted octanol–water partition coefficient (Wildman–Crippen LogP) is 3.18. The summed E-state index contributed by atoms with van der Waals surface area (Å²) in [6.45, 7) is 1.73. The number of fused-ring (bicyclic) bond motifs is 2. The fourth-order valence-corrected chi connectivity index (χ4v) is 5.83. The van der Waals surface area contributed by atoms with Crippen LogP contribution in [0.1, 0.15) is 50.1 Å². The summed E-state index contributed by atoms with van der Waals surface area (Å²) in [4.78, 5) is 37.0. The minimum absolute atomic E-state index is 0.240. The van der Waals surface area contributed by atoms with E-state index in [0.717, 1.165) is 41.0 Å². The van der Waals surface area contributed by atoms with Crippen molar-refractivity contribution in [1.29, 1.82) is 0 Å². The van der Waals surface area contributed by atoms with Gasteiger partial charge in [0.1, 0.15) is 5.69 Å². The number of carbonyl (C=O) groups excluding carboxylic acids is 2. The number of nitrogens with one attached hydrogen (secondary N) is 3. The molecule has 0 radical (unpaired) electrons. The molecule has 0 unspecified atom stereocenters. The second-order valence-corrected chi connectivity index (χ2v) is 10.4. The van der Waals surface area contributed by atoms with Crippen LogP contribution in [0.15, 0.2) is 29.4 Å². The number of hydrogen-bond acceptors (Lipinski definition) is 7. The quantitative estimate of drug-likeness (QED) is 0.323. The van der Waals surface area contributed by atoms with E-state index in [2.05, 4.69) is 37.7 Å². The highest BCUT2D eigenvalue weighted by Gasteiger charge is 2.33. The Balaban J connectivity index is 1.31. The zero-order valence-corrected chi connectivity index (χ0v) is 20.2. The largest absolute Gasteiger partial charge is 0.411 e. The molecular weight excluding hydrogens is 476 g/mol. The number of aromatic amines is 1. The molecule has 3 aromatic rings. The third-order valence-corrected chi connectivity index (χ3v) is 7.72. The second-order valence-electron chi connectivity index (χ2n) is 8.86. The number of oxime groups is 1. The Hall–Kier alpha value is -2.95. The van der Waals surface area contributed by atoms with Crippen LogP contribution in [0.2, 0.25) is 5.02 Å². The first-order valence-corrected chi connectivity index (χ1v) is 12.4. The lowest BCUT2D eigenvalue weighted by molar-refractivity contribution is 0.0874. The summed E-state index contributed by atoms with van der Waals surface area (Å²) in [5.74, 6) is -0.542. The monoisotopic (exact) mass is 500 g/mol. The maximum atomic E-state index is 13.0. The molecule has 4 N–H and O–H groups in total. The molecule has 1 aromatic carbocycles. The lowest BCUT2D eigenvalue weighted by Gasteiger charge is -2.32. The van der Waals surface area contributed by atoms with Crippen molar-refractivity contribution < 1.29 is 14.8 Å². The van der Waals surface area contributed by atoms with Crippen LogP contribution in [-0.2, 0) is 13.0 Å². The van der Waals surface area contributed by atoms with Gasteiger partial charge >= 0.3 is 0 Å². The predicted molar refractivity (Wildman–Crippen MR) is 131 cm³/mol. The van der Waals surface area contributed by atoms with Gasteiger partial charge in [0, 0.05) is 46.7 Å². The molecule has 0 saturated heterocycles. The summed E-state index contributed by atoms with van der Waals surface area (Å²) in [5.41, 5.74) is 2.79. The molecule has 2 atom stereocenters. The number of H-pyrrole nitrogens is 1. The van der Waals surface area contributed by atoms with Crippen LogP contribution >= 0.6 is 22.9 Å². The Morgan fingerprint density at radius 3 is 2.88 bits per heavy atom. The topological polar surface area (TPSA) is 123 Å². The number of thiazole rings is 1. The maximum Gasteiger partial charge on any atom is 0.280 e. The third kappa shape index (κ3) is 4.66. The summed E-state index contributed by atoms with van der Waals surface area (Å²) in [6.07, 6.45) is 2.27. The van der Waals surface area contributed by atoms with Gasteiger partial charge in [-0.25, -0.2) is 4.98 Å². The zero-order valence-electron chi connectivity index (χ0n) is 18.6. The van der Waals surface area contributed by atoms with Gasteiger partial charge in [0.15, 0.2) is 5.01 Å². The first-order chi connectivity index (χ1) is 16.4. The number of aromatic nitrogens is 2. The summed E-state index contributed by atoms with van der Waals surface area (Å²) in [5, 5.41) is 20.6. The van der Waals surface area contributed by atoms with Crippen molar-refractivity contribution in [2.24, 2.45) is 5.16 Å². The van der Waals surface area contributed by atoms with Gasteiger partial charge < -0.3 is 25.7 Å². The average Bonchev–Trinajstić information content (AvgIpc) is 3.43. The molecule has 1 saturated carbocycles. The molecule has 0 bridgehead atoms. The highest BCUT2D eigenvalue weighted by molar-refractivity contribution is 7.13. The molecular formula is C23H25ClN6O3S. The van der Waals surface area contributed by atoms with E-state index in [9.17, 15) is 14.8 Å². The molecule has 1 aliphatic heterocycles. The van der Waals surface area contributed by atoms with E-state index >= 15 is 0 Å². The number of benzene rings is 1. The SMILES string of the molecule is CN1CCc2nc(C(=O)N[C@@H]3CCC(=NO)C[C@@H]3NC(=O)c3cc4cc(Cl)ccc4[nH]3)sc2C1. The lowest BCUT2D eigenvalue weighted by atomic mass is 9.88. The normalized spacial score (nSPS) is 22.0. The van der Waals surface area contributed by atoms with Crippen LogP contribution in [0.25, 0.3) is 10.9 Å². The molecule has 1 aliphatic carbocycles. The van der Waals surface area contributed by atoms with E-state index in [0.29, 0.717) is 40.7 Å². The van der Waals surface area contributed by atoms with Crippen molar-refractivity contribution in [3.63, 3.8) is 0 Å². The minimum atomic E-state index is -0.424. The Labute approximate surface area is 205 Å². The van der Waals surface area contributed by atoms with Gasteiger partial charge in [-0.3, -0.25) is 9.59 Å². The van der Waals surface area contributed by atoms with Gasteiger partial charge in [-0.15, -0.1) is 11.3 Å². The molecule has 5 rings (SSSR count). The Kier molecular flexibility index (Phi) is 6.28. The van der Waals surface area contributed by atoms with Crippen molar-refractivity contribution >= 4 is 51.4 Å². The summed E-state index contributed by atoms with van der Waals surface area (Å²) >= 11 is 7.48. The third-order valence-electron chi connectivity index (χ3n) is 6.40. The first-order valence-electron chi connectivity index (χ1n) is 11.2. The Morgan fingerprint density at radius 2 is 2.06 bits per heavy atom. The van der Waals surface area contributed by atoms with E-state index in [4.69, 9.17) is 11.6 Å². The fraction of sp³-hybridized carbons (Fsp3) is 0.391. The summed E-state index contributed by atoms with van der Waals surface area (Å²) in [6, 6.07) is 6.37. The molecule has 34 heavy (non-hydrogen) atoms. The zero-order chi connectivity index (χ0) is 23.8. The van der Waals surface area contributed by atoms with Gasteiger partial charge in [0.05, 0.1) is 23.5 Å². The van der Waals surface area contributed by atoms with E-state index in [1.165, 1.54) is 11.3 Å². The van der Waals surface area contributed by atoms with Crippen molar-refractivity contribution in [2.45, 2.75) is 44.3 Å². The van der Waals surface area contributed by atoms with Gasteiger partial charge in [-0.2, -0.15) is 0 Å². The lowest BCUT2D eigenvalue weighted by Crippen LogP contribution is -2.54. The number of hydrogen-bond donors (Lipinski definition) is 4. The van der Waals surface area contributed by atoms with Crippen LogP contribution in [0.3, 0.4) is 0 Å². The average molecular weight is 501 g/mol. The number of halogens is 1. The van der Waals surface area contributed by atoms with Gasteiger partial charge in [-0.1, -0.05) is 16.8 Å². The molecule has 2 aliphatic rings. The van der Waals surface area contributed by atoms with E-state index in [1.54, 1.807) is 18.2 Å². The number of rotatable bonds is 4. The number of carbonyl (C=O) groups is 2. The van der Waals surface area contributed by atoms with E-state index in [1.807, 2.05) is 6.07 Å². The van der Waals surface area contributed by atoms with Crippen molar-refractivity contribution in [3.05, 3.63) is 50.6 Å². The molecule has 0 spiro atoms. The molecule has 178 valence electrons. The van der Waals surface area contributed by atoms with Crippen LogP contribution in [0.4, 0.5) is 0 Å². The van der Waals surface area contributed by atoms with Crippen LogP contribution in [0.5, 0.6) is 0 Å². The molecule has 3 heterocycles. The smallest absolute Gasteiger partial charge is 0.280 e. The minimum Gasteiger partial charge on any atom is -0.411 e. The fourth-order valence-electron chi connectivity index (χ4n) is 4.56. The number of amides is 2. The van der Waals surface area contributed by atoms with Crippen LogP contribution in [-0.4, -0.2) is 63.3 Å². The van der Waals surface area contributed by atoms with Crippen molar-refractivity contribution in [1.82, 2.24) is 25.5 Å². The summed E-state index contributed by atoms with van der Waals surface area (Å²) in [7, 11) is 2.06. The number of likely N-dealkylation sites (N-methyl/N-ethyl adjacent to an activating group) is 1. The highest BCUT2D eigenvalue weighted by Crippen LogP contribution is 2.26. The van der Waals surface area contributed by atoms with Crippen molar-refractivity contribution in [2.75, 3.05) is 13.6 Å². The van der Waals surface area contributed by atoms with Gasteiger partial charge in [0.2, 0.25) is 0 Å². The van der Waals surface area contributed by atoms with Crippen molar-refractivity contribution in [3.8, 4) is 0 Å². The first kappa shape index (κ1) is 22.8. The van der Waals surface area contributed by atoms with E-state index < -0.39 is 6.04 Å². The van der Waals surface area contributed by atoms with Crippen LogP contribution in [0, 0.1) is 0 Å². The standard InChI is InChI=1S/C23H25ClN6O3S/c1-30-7-6-17-20(11-30)34-23(28-17)22(32)26-16-5-3-14(29-33)10-18(16)27-21(31)19-9-12-8-13(24)2-4-15(12)25-19/h2,4,8-9,16,18,25,33H,3,5-7,10-11H2,1H3,(H,26,32)(H,27,31)/t16-,18+/m1/s1. The van der Waals surface area contributed by atoms with Gasteiger partial charge in [0.25, 0.3) is 11.8 Å². The van der Waals surface area contributed by atoms with E-state index in [-0.39, 0.29) is 17.9 Å². The van der Waals surface area contributed by atoms with Crippen LogP contribution < -0.4 is 10.6 Å². The summed E-state index contributed by atoms with van der Waals surface area (Å²) < 4.78 is 0. The Bertz CT molecular complexity index is 1280. The molecule has 2 amide bonds. The number of nitrogens with zero attached hydrogens (tertiary/aromatic N) is 3. The van der Waals surface area contributed by atoms with Gasteiger partial charge in [-0.05, 0) is 44.2 Å².